The predicted octanol–water partition coefficient (Wildman–Crippen LogP) is 0.689. The van der Waals surface area contributed by atoms with Crippen LogP contribution in [0.25, 0.3) is 0 Å². The van der Waals surface area contributed by atoms with Gasteiger partial charge in [-0.2, -0.15) is 0 Å². The van der Waals surface area contributed by atoms with Gasteiger partial charge in [0.1, 0.15) is 5.82 Å². The van der Waals surface area contributed by atoms with E-state index in [9.17, 15) is 0 Å². The zero-order valence-electron chi connectivity index (χ0n) is 12.5. The van der Waals surface area contributed by atoms with Crippen molar-refractivity contribution >= 4 is 0 Å². The maximum atomic E-state index is 5.99. The average Bonchev–Trinajstić information content (AvgIpc) is 3.06. The third-order valence-corrected chi connectivity index (χ3v) is 4.92. The number of nitrogens with zero attached hydrogens (tertiary/aromatic N) is 4. The van der Waals surface area contributed by atoms with E-state index >= 15 is 0 Å². The number of aromatic nitrogens is 2. The molecule has 20 heavy (non-hydrogen) atoms. The Hall–Kier alpha value is -0.910. The topological polar surface area (TPSA) is 50.3 Å². The van der Waals surface area contributed by atoms with Crippen LogP contribution in [-0.2, 0) is 6.54 Å². The fourth-order valence-corrected chi connectivity index (χ4v) is 3.49. The van der Waals surface area contributed by atoms with Gasteiger partial charge in [-0.15, -0.1) is 0 Å². The molecule has 3 heterocycles. The van der Waals surface area contributed by atoms with Gasteiger partial charge in [-0.1, -0.05) is 0 Å². The minimum Gasteiger partial charge on any atom is -0.334 e. The lowest BCUT2D eigenvalue weighted by Crippen LogP contribution is -2.46. The molecule has 2 aliphatic heterocycles. The second kappa shape index (κ2) is 6.24. The first-order chi connectivity index (χ1) is 9.72. The van der Waals surface area contributed by atoms with Gasteiger partial charge in [0.2, 0.25) is 0 Å². The summed E-state index contributed by atoms with van der Waals surface area (Å²) in [7, 11) is 0. The fourth-order valence-electron chi connectivity index (χ4n) is 3.49. The van der Waals surface area contributed by atoms with Gasteiger partial charge in [0.05, 0.1) is 0 Å². The van der Waals surface area contributed by atoms with E-state index in [1.54, 1.807) is 0 Å². The second-order valence-electron chi connectivity index (χ2n) is 6.28. The van der Waals surface area contributed by atoms with Crippen LogP contribution >= 0.6 is 0 Å². The Balaban J connectivity index is 1.44. The smallest absolute Gasteiger partial charge is 0.105 e. The zero-order valence-corrected chi connectivity index (χ0v) is 12.5. The van der Waals surface area contributed by atoms with Crippen molar-refractivity contribution in [1.82, 2.24) is 19.4 Å². The summed E-state index contributed by atoms with van der Waals surface area (Å²) in [6.45, 7) is 9.12. The maximum absolute atomic E-state index is 5.99. The van der Waals surface area contributed by atoms with E-state index in [2.05, 4.69) is 32.5 Å². The van der Waals surface area contributed by atoms with Gasteiger partial charge >= 0.3 is 0 Å². The van der Waals surface area contributed by atoms with Crippen molar-refractivity contribution in [3.05, 3.63) is 18.2 Å². The molecule has 1 aromatic heterocycles. The van der Waals surface area contributed by atoms with Gasteiger partial charge in [0, 0.05) is 44.1 Å². The Morgan fingerprint density at radius 1 is 1.20 bits per heavy atom. The summed E-state index contributed by atoms with van der Waals surface area (Å²) in [6.07, 6.45) is 7.63. The summed E-state index contributed by atoms with van der Waals surface area (Å²) in [5, 5.41) is 0. The molecule has 0 amide bonds. The Kier molecular flexibility index (Phi) is 4.38. The molecular weight excluding hydrogens is 250 g/mol. The van der Waals surface area contributed by atoms with Crippen LogP contribution < -0.4 is 5.73 Å². The van der Waals surface area contributed by atoms with Crippen LogP contribution in [0.3, 0.4) is 0 Å². The van der Waals surface area contributed by atoms with Crippen molar-refractivity contribution in [1.29, 1.82) is 0 Å². The van der Waals surface area contributed by atoms with Crippen LogP contribution in [0.4, 0.5) is 0 Å². The molecule has 0 spiro atoms. The average molecular weight is 277 g/mol. The van der Waals surface area contributed by atoms with Crippen molar-refractivity contribution in [2.75, 3.05) is 32.7 Å². The Labute approximate surface area is 121 Å². The molecule has 1 unspecified atom stereocenters. The molecule has 2 saturated heterocycles. The number of imidazole rings is 1. The minimum absolute atomic E-state index is 0.438. The summed E-state index contributed by atoms with van der Waals surface area (Å²) in [5.74, 6) is 1.12. The van der Waals surface area contributed by atoms with Crippen LogP contribution in [0.15, 0.2) is 12.4 Å². The molecule has 0 bridgehead atoms. The van der Waals surface area contributed by atoms with Crippen LogP contribution in [0.2, 0.25) is 0 Å². The second-order valence-corrected chi connectivity index (χ2v) is 6.28. The third kappa shape index (κ3) is 3.22. The standard InChI is InChI=1S/C15H27N5/c1-13-17-5-9-19(13)11-10-18-6-4-15(12-18)20-7-2-14(16)3-8-20/h5,9,14-15H,2-4,6-8,10-12,16H2,1H3. The first-order valence-electron chi connectivity index (χ1n) is 7.92. The third-order valence-electron chi connectivity index (χ3n) is 4.92. The minimum atomic E-state index is 0.438. The molecule has 2 N–H and O–H groups in total. The van der Waals surface area contributed by atoms with Gasteiger partial charge < -0.3 is 10.3 Å². The molecular formula is C15H27N5. The Bertz CT molecular complexity index is 422. The Morgan fingerprint density at radius 3 is 2.70 bits per heavy atom. The number of piperidine rings is 1. The SMILES string of the molecule is Cc1nccn1CCN1CCC(N2CCC(N)CC2)C1. The van der Waals surface area contributed by atoms with E-state index in [0.29, 0.717) is 6.04 Å². The number of rotatable bonds is 4. The van der Waals surface area contributed by atoms with Gasteiger partial charge in [-0.05, 0) is 45.8 Å². The molecule has 3 rings (SSSR count). The van der Waals surface area contributed by atoms with E-state index in [1.165, 1.54) is 45.4 Å². The van der Waals surface area contributed by atoms with Gasteiger partial charge in [0.25, 0.3) is 0 Å². The molecule has 5 nitrogen and oxygen atoms in total. The monoisotopic (exact) mass is 277 g/mol. The van der Waals surface area contributed by atoms with Crippen LogP contribution in [0.5, 0.6) is 0 Å². The van der Waals surface area contributed by atoms with E-state index in [1.807, 2.05) is 6.20 Å². The molecule has 0 radical (unpaired) electrons. The molecule has 2 aliphatic rings. The largest absolute Gasteiger partial charge is 0.334 e. The highest BCUT2D eigenvalue weighted by molar-refractivity contribution is 4.90. The molecule has 112 valence electrons. The summed E-state index contributed by atoms with van der Waals surface area (Å²) in [5.41, 5.74) is 5.99. The van der Waals surface area contributed by atoms with Crippen molar-refractivity contribution < 1.29 is 0 Å². The van der Waals surface area contributed by atoms with Crippen LogP contribution in [-0.4, -0.2) is 64.2 Å². The molecule has 1 atom stereocenters. The van der Waals surface area contributed by atoms with Gasteiger partial charge in [-0.3, -0.25) is 9.80 Å². The molecule has 0 aromatic carbocycles. The molecule has 1 aromatic rings. The van der Waals surface area contributed by atoms with Crippen molar-refractivity contribution in [3.8, 4) is 0 Å². The highest BCUT2D eigenvalue weighted by atomic mass is 15.3. The number of hydrogen-bond acceptors (Lipinski definition) is 4. The number of hydrogen-bond donors (Lipinski definition) is 1. The number of aryl methyl sites for hydroxylation is 1. The van der Waals surface area contributed by atoms with Crippen molar-refractivity contribution in [2.45, 2.75) is 44.8 Å². The quantitative estimate of drug-likeness (QED) is 0.880. The lowest BCUT2D eigenvalue weighted by atomic mass is 10.0. The molecule has 0 aliphatic carbocycles. The van der Waals surface area contributed by atoms with E-state index in [4.69, 9.17) is 5.73 Å². The highest BCUT2D eigenvalue weighted by Gasteiger charge is 2.29. The van der Waals surface area contributed by atoms with E-state index in [0.717, 1.165) is 25.0 Å². The van der Waals surface area contributed by atoms with Crippen molar-refractivity contribution in [2.24, 2.45) is 5.73 Å². The lowest BCUT2D eigenvalue weighted by Gasteiger charge is -2.34. The molecule has 0 saturated carbocycles. The lowest BCUT2D eigenvalue weighted by molar-refractivity contribution is 0.152. The summed E-state index contributed by atoms with van der Waals surface area (Å²) >= 11 is 0. The number of likely N-dealkylation sites (tertiary alicyclic amines) is 2. The van der Waals surface area contributed by atoms with Crippen molar-refractivity contribution in [3.63, 3.8) is 0 Å². The number of nitrogens with two attached hydrogens (primary N) is 1. The van der Waals surface area contributed by atoms with E-state index in [-0.39, 0.29) is 0 Å². The van der Waals surface area contributed by atoms with E-state index < -0.39 is 0 Å². The van der Waals surface area contributed by atoms with Crippen LogP contribution in [0.1, 0.15) is 25.1 Å². The predicted molar refractivity (Wildman–Crippen MR) is 80.6 cm³/mol. The maximum Gasteiger partial charge on any atom is 0.105 e. The summed E-state index contributed by atoms with van der Waals surface area (Å²) in [4.78, 5) is 9.54. The zero-order chi connectivity index (χ0) is 13.9. The normalized spacial score (nSPS) is 26.4. The Morgan fingerprint density at radius 2 is 2.00 bits per heavy atom. The molecule has 5 heteroatoms. The van der Waals surface area contributed by atoms with Gasteiger partial charge in [0.15, 0.2) is 0 Å². The summed E-state index contributed by atoms with van der Waals surface area (Å²) < 4.78 is 2.24. The first kappa shape index (κ1) is 14.0. The highest BCUT2D eigenvalue weighted by Crippen LogP contribution is 2.19. The summed E-state index contributed by atoms with van der Waals surface area (Å²) in [6, 6.07) is 1.19. The van der Waals surface area contributed by atoms with Gasteiger partial charge in [-0.25, -0.2) is 4.98 Å². The fraction of sp³-hybridized carbons (Fsp3) is 0.800. The van der Waals surface area contributed by atoms with Crippen LogP contribution in [0, 0.1) is 6.92 Å². The first-order valence-corrected chi connectivity index (χ1v) is 7.92. The molecule has 2 fully saturated rings.